The number of aliphatic hydroxyl groups is 1. The molecule has 1 N–H and O–H groups in total. The molecule has 92 valence electrons. The van der Waals surface area contributed by atoms with Gasteiger partial charge in [0.25, 0.3) is 0 Å². The lowest BCUT2D eigenvalue weighted by Crippen LogP contribution is -2.21. The zero-order valence-electron chi connectivity index (χ0n) is 10.4. The molecule has 17 heavy (non-hydrogen) atoms. The fourth-order valence-corrected chi connectivity index (χ4v) is 2.28. The van der Waals surface area contributed by atoms with Gasteiger partial charge in [-0.15, -0.1) is 0 Å². The Balaban J connectivity index is 1.75. The predicted octanol–water partition coefficient (Wildman–Crippen LogP) is 3.24. The summed E-state index contributed by atoms with van der Waals surface area (Å²) in [6.07, 6.45) is 6.17. The third kappa shape index (κ3) is 2.81. The van der Waals surface area contributed by atoms with Gasteiger partial charge in [-0.3, -0.25) is 0 Å². The van der Waals surface area contributed by atoms with Gasteiger partial charge in [-0.05, 0) is 49.8 Å². The molecule has 3 rings (SSSR count). The van der Waals surface area contributed by atoms with Crippen LogP contribution in [0.1, 0.15) is 44.6 Å². The lowest BCUT2D eigenvalue weighted by atomic mass is 9.90. The van der Waals surface area contributed by atoms with Crippen LogP contribution in [-0.4, -0.2) is 11.2 Å². The van der Waals surface area contributed by atoms with Gasteiger partial charge in [-0.1, -0.05) is 25.0 Å². The van der Waals surface area contributed by atoms with E-state index in [2.05, 4.69) is 0 Å². The van der Waals surface area contributed by atoms with Gasteiger partial charge in [0.1, 0.15) is 5.75 Å². The Morgan fingerprint density at radius 3 is 2.71 bits per heavy atom. The first-order valence-electron chi connectivity index (χ1n) is 6.63. The molecule has 0 radical (unpaired) electrons. The molecular formula is C15H20O2. The fourth-order valence-electron chi connectivity index (χ4n) is 2.28. The first-order chi connectivity index (χ1) is 8.13. The minimum Gasteiger partial charge on any atom is -0.490 e. The van der Waals surface area contributed by atoms with E-state index in [0.717, 1.165) is 23.7 Å². The van der Waals surface area contributed by atoms with E-state index in [0.29, 0.717) is 6.10 Å². The normalized spacial score (nSPS) is 23.2. The zero-order chi connectivity index (χ0) is 11.9. The summed E-state index contributed by atoms with van der Waals surface area (Å²) >= 11 is 0. The highest BCUT2D eigenvalue weighted by molar-refractivity contribution is 5.32. The maximum atomic E-state index is 10.5. The zero-order valence-corrected chi connectivity index (χ0v) is 10.4. The SMILES string of the molecule is CC(O)(CC1CC1)c1cccc(OC2CC2)c1. The van der Waals surface area contributed by atoms with Gasteiger partial charge in [0, 0.05) is 0 Å². The molecule has 1 aromatic carbocycles. The van der Waals surface area contributed by atoms with E-state index in [1.54, 1.807) is 0 Å². The summed E-state index contributed by atoms with van der Waals surface area (Å²) in [6, 6.07) is 7.96. The second kappa shape index (κ2) is 4.02. The van der Waals surface area contributed by atoms with Crippen LogP contribution in [0.5, 0.6) is 5.75 Å². The quantitative estimate of drug-likeness (QED) is 0.844. The number of hydrogen-bond donors (Lipinski definition) is 1. The summed E-state index contributed by atoms with van der Waals surface area (Å²) in [5.74, 6) is 1.62. The van der Waals surface area contributed by atoms with Gasteiger partial charge in [-0.2, -0.15) is 0 Å². The molecular weight excluding hydrogens is 212 g/mol. The Bertz CT molecular complexity index is 403. The lowest BCUT2D eigenvalue weighted by molar-refractivity contribution is 0.0414. The summed E-state index contributed by atoms with van der Waals surface area (Å²) in [6.45, 7) is 1.92. The lowest BCUT2D eigenvalue weighted by Gasteiger charge is -2.24. The highest BCUT2D eigenvalue weighted by atomic mass is 16.5. The van der Waals surface area contributed by atoms with E-state index in [1.807, 2.05) is 31.2 Å². The van der Waals surface area contributed by atoms with E-state index in [9.17, 15) is 5.11 Å². The molecule has 0 saturated heterocycles. The summed E-state index contributed by atoms with van der Waals surface area (Å²) in [7, 11) is 0. The Hall–Kier alpha value is -1.02. The van der Waals surface area contributed by atoms with Crippen LogP contribution in [0, 0.1) is 5.92 Å². The molecule has 2 heteroatoms. The molecule has 2 nitrogen and oxygen atoms in total. The van der Waals surface area contributed by atoms with Crippen molar-refractivity contribution >= 4 is 0 Å². The fraction of sp³-hybridized carbons (Fsp3) is 0.600. The maximum Gasteiger partial charge on any atom is 0.120 e. The monoisotopic (exact) mass is 232 g/mol. The maximum absolute atomic E-state index is 10.5. The first-order valence-corrected chi connectivity index (χ1v) is 6.63. The van der Waals surface area contributed by atoms with Crippen LogP contribution < -0.4 is 4.74 Å². The Labute approximate surface area is 103 Å². The van der Waals surface area contributed by atoms with Gasteiger partial charge in [0.15, 0.2) is 0 Å². The Morgan fingerprint density at radius 2 is 2.06 bits per heavy atom. The molecule has 0 heterocycles. The molecule has 1 aromatic rings. The average molecular weight is 232 g/mol. The van der Waals surface area contributed by atoms with E-state index in [-0.39, 0.29) is 0 Å². The van der Waals surface area contributed by atoms with Gasteiger partial charge in [0.05, 0.1) is 11.7 Å². The van der Waals surface area contributed by atoms with Crippen LogP contribution in [0.4, 0.5) is 0 Å². The molecule has 1 atom stereocenters. The van der Waals surface area contributed by atoms with Crippen LogP contribution in [0.2, 0.25) is 0 Å². The second-order valence-corrected chi connectivity index (χ2v) is 5.77. The number of rotatable bonds is 5. The molecule has 0 aromatic heterocycles. The van der Waals surface area contributed by atoms with E-state index in [4.69, 9.17) is 4.74 Å². The third-order valence-corrected chi connectivity index (χ3v) is 3.67. The molecule has 0 amide bonds. The molecule has 1 unspecified atom stereocenters. The van der Waals surface area contributed by atoms with Crippen LogP contribution in [-0.2, 0) is 5.60 Å². The van der Waals surface area contributed by atoms with Crippen molar-refractivity contribution in [3.05, 3.63) is 29.8 Å². The van der Waals surface area contributed by atoms with Gasteiger partial charge < -0.3 is 9.84 Å². The molecule has 0 aliphatic heterocycles. The number of ether oxygens (including phenoxy) is 1. The molecule has 2 saturated carbocycles. The summed E-state index contributed by atoms with van der Waals surface area (Å²) in [4.78, 5) is 0. The largest absolute Gasteiger partial charge is 0.490 e. The molecule has 2 aliphatic carbocycles. The van der Waals surface area contributed by atoms with Crippen LogP contribution in [0.15, 0.2) is 24.3 Å². The number of hydrogen-bond acceptors (Lipinski definition) is 2. The van der Waals surface area contributed by atoms with Crippen molar-refractivity contribution in [1.82, 2.24) is 0 Å². The Kier molecular flexibility index (Phi) is 2.62. The average Bonchev–Trinajstić information content (AvgIpc) is 3.15. The highest BCUT2D eigenvalue weighted by Crippen LogP contribution is 2.41. The van der Waals surface area contributed by atoms with Crippen LogP contribution in [0.25, 0.3) is 0 Å². The van der Waals surface area contributed by atoms with Gasteiger partial charge >= 0.3 is 0 Å². The highest BCUT2D eigenvalue weighted by Gasteiger charge is 2.33. The molecule has 2 fully saturated rings. The number of benzene rings is 1. The molecule has 0 spiro atoms. The van der Waals surface area contributed by atoms with Crippen molar-refractivity contribution in [1.29, 1.82) is 0 Å². The standard InChI is InChI=1S/C15H20O2/c1-15(16,10-11-5-6-11)12-3-2-4-14(9-12)17-13-7-8-13/h2-4,9,11,13,16H,5-8,10H2,1H3. The summed E-state index contributed by atoms with van der Waals surface area (Å²) < 4.78 is 5.77. The van der Waals surface area contributed by atoms with Crippen LogP contribution in [0.3, 0.4) is 0 Å². The summed E-state index contributed by atoms with van der Waals surface area (Å²) in [5, 5.41) is 10.5. The van der Waals surface area contributed by atoms with E-state index in [1.165, 1.54) is 25.7 Å². The van der Waals surface area contributed by atoms with Crippen LogP contribution >= 0.6 is 0 Å². The predicted molar refractivity (Wildman–Crippen MR) is 67.0 cm³/mol. The first kappa shape index (κ1) is 11.1. The Morgan fingerprint density at radius 1 is 1.29 bits per heavy atom. The van der Waals surface area contributed by atoms with Crippen molar-refractivity contribution in [3.63, 3.8) is 0 Å². The topological polar surface area (TPSA) is 29.5 Å². The van der Waals surface area contributed by atoms with Gasteiger partial charge in [0.2, 0.25) is 0 Å². The van der Waals surface area contributed by atoms with Gasteiger partial charge in [-0.25, -0.2) is 0 Å². The smallest absolute Gasteiger partial charge is 0.120 e. The van der Waals surface area contributed by atoms with E-state index >= 15 is 0 Å². The van der Waals surface area contributed by atoms with Crippen molar-refractivity contribution < 1.29 is 9.84 Å². The van der Waals surface area contributed by atoms with Crippen molar-refractivity contribution in [2.45, 2.75) is 50.7 Å². The minimum absolute atomic E-state index is 0.415. The van der Waals surface area contributed by atoms with Crippen molar-refractivity contribution in [2.75, 3.05) is 0 Å². The third-order valence-electron chi connectivity index (χ3n) is 3.67. The van der Waals surface area contributed by atoms with Crippen molar-refractivity contribution in [2.24, 2.45) is 5.92 Å². The molecule has 2 aliphatic rings. The summed E-state index contributed by atoms with van der Waals surface area (Å²) in [5.41, 5.74) is 0.284. The van der Waals surface area contributed by atoms with Crippen molar-refractivity contribution in [3.8, 4) is 5.75 Å². The molecule has 0 bridgehead atoms. The second-order valence-electron chi connectivity index (χ2n) is 5.77. The van der Waals surface area contributed by atoms with E-state index < -0.39 is 5.60 Å². The minimum atomic E-state index is -0.704.